The maximum atomic E-state index is 10.1. The Kier molecular flexibility index (Phi) is 4.10. The Balaban J connectivity index is 2.63. The van der Waals surface area contributed by atoms with Gasteiger partial charge in [0, 0.05) is 6.42 Å². The Morgan fingerprint density at radius 3 is 2.80 bits per heavy atom. The Hall–Kier alpha value is -1.08. The van der Waals surface area contributed by atoms with Gasteiger partial charge in [0.2, 0.25) is 0 Å². The van der Waals surface area contributed by atoms with Crippen LogP contribution >= 0.6 is 0 Å². The van der Waals surface area contributed by atoms with Gasteiger partial charge in [-0.3, -0.25) is 0 Å². The summed E-state index contributed by atoms with van der Waals surface area (Å²) < 4.78 is 0. The van der Waals surface area contributed by atoms with Gasteiger partial charge in [0.15, 0.2) is 0 Å². The lowest BCUT2D eigenvalue weighted by molar-refractivity contribution is 0.0523. The van der Waals surface area contributed by atoms with Gasteiger partial charge in [-0.25, -0.2) is 0 Å². The molecule has 1 unspecified atom stereocenters. The molecule has 1 aromatic rings. The minimum Gasteiger partial charge on any atom is -0.390 e. The van der Waals surface area contributed by atoms with Crippen molar-refractivity contribution in [3.63, 3.8) is 0 Å². The SMILES string of the molecule is C=CCCC(C)(O)Cc1cccc(C)c1. The molecule has 0 saturated carbocycles. The van der Waals surface area contributed by atoms with Gasteiger partial charge in [0.1, 0.15) is 0 Å². The van der Waals surface area contributed by atoms with Crippen LogP contribution in [0.15, 0.2) is 36.9 Å². The zero-order valence-electron chi connectivity index (χ0n) is 9.66. The molecule has 0 bridgehead atoms. The predicted octanol–water partition coefficient (Wildman–Crippen LogP) is 3.25. The van der Waals surface area contributed by atoms with Gasteiger partial charge in [-0.2, -0.15) is 0 Å². The van der Waals surface area contributed by atoms with Crippen molar-refractivity contribution in [3.8, 4) is 0 Å². The highest BCUT2D eigenvalue weighted by Crippen LogP contribution is 2.19. The summed E-state index contributed by atoms with van der Waals surface area (Å²) in [6.45, 7) is 7.63. The fourth-order valence-corrected chi connectivity index (χ4v) is 1.76. The largest absolute Gasteiger partial charge is 0.390 e. The van der Waals surface area contributed by atoms with Crippen molar-refractivity contribution < 1.29 is 5.11 Å². The minimum absolute atomic E-state index is 0.623. The van der Waals surface area contributed by atoms with Crippen molar-refractivity contribution in [2.75, 3.05) is 0 Å². The topological polar surface area (TPSA) is 20.2 Å². The van der Waals surface area contributed by atoms with E-state index in [4.69, 9.17) is 0 Å². The van der Waals surface area contributed by atoms with E-state index in [1.807, 2.05) is 19.1 Å². The fraction of sp³-hybridized carbons (Fsp3) is 0.429. The van der Waals surface area contributed by atoms with Gasteiger partial charge in [0.25, 0.3) is 0 Å². The molecule has 0 amide bonds. The maximum absolute atomic E-state index is 10.1. The number of hydrogen-bond acceptors (Lipinski definition) is 1. The van der Waals surface area contributed by atoms with Crippen LogP contribution in [0.1, 0.15) is 30.9 Å². The molecule has 0 heterocycles. The zero-order chi connectivity index (χ0) is 11.3. The lowest BCUT2D eigenvalue weighted by Crippen LogP contribution is -2.26. The lowest BCUT2D eigenvalue weighted by atomic mass is 9.91. The first-order chi connectivity index (χ1) is 7.03. The molecule has 15 heavy (non-hydrogen) atoms. The van der Waals surface area contributed by atoms with Gasteiger partial charge in [-0.1, -0.05) is 35.9 Å². The summed E-state index contributed by atoms with van der Waals surface area (Å²) in [5.41, 5.74) is 1.82. The molecule has 1 heteroatoms. The Morgan fingerprint density at radius 1 is 1.47 bits per heavy atom. The zero-order valence-corrected chi connectivity index (χ0v) is 9.66. The number of benzene rings is 1. The third kappa shape index (κ3) is 4.30. The second kappa shape index (κ2) is 5.13. The second-order valence-electron chi connectivity index (χ2n) is 4.49. The Morgan fingerprint density at radius 2 is 2.20 bits per heavy atom. The fourth-order valence-electron chi connectivity index (χ4n) is 1.76. The van der Waals surface area contributed by atoms with Crippen molar-refractivity contribution in [2.45, 2.75) is 38.7 Å². The summed E-state index contributed by atoms with van der Waals surface area (Å²) in [4.78, 5) is 0. The monoisotopic (exact) mass is 204 g/mol. The quantitative estimate of drug-likeness (QED) is 0.730. The van der Waals surface area contributed by atoms with E-state index in [9.17, 15) is 5.11 Å². The van der Waals surface area contributed by atoms with Crippen LogP contribution in [0.4, 0.5) is 0 Å². The molecular formula is C14H20O. The van der Waals surface area contributed by atoms with Crippen molar-refractivity contribution in [1.29, 1.82) is 0 Å². The summed E-state index contributed by atoms with van der Waals surface area (Å²) in [5.74, 6) is 0. The third-order valence-electron chi connectivity index (χ3n) is 2.55. The summed E-state index contributed by atoms with van der Waals surface area (Å²) in [6, 6.07) is 8.30. The van der Waals surface area contributed by atoms with Crippen LogP contribution < -0.4 is 0 Å². The molecule has 82 valence electrons. The van der Waals surface area contributed by atoms with Crippen molar-refractivity contribution in [1.82, 2.24) is 0 Å². The number of hydrogen-bond donors (Lipinski definition) is 1. The molecule has 0 radical (unpaired) electrons. The van der Waals surface area contributed by atoms with Crippen LogP contribution in [0.3, 0.4) is 0 Å². The summed E-state index contributed by atoms with van der Waals surface area (Å²) >= 11 is 0. The van der Waals surface area contributed by atoms with Crippen LogP contribution in [0, 0.1) is 6.92 Å². The van der Waals surface area contributed by atoms with E-state index >= 15 is 0 Å². The molecule has 1 aromatic carbocycles. The molecule has 0 aliphatic rings. The van der Waals surface area contributed by atoms with E-state index in [1.54, 1.807) is 0 Å². The number of aryl methyl sites for hydroxylation is 1. The van der Waals surface area contributed by atoms with E-state index < -0.39 is 5.60 Å². The van der Waals surface area contributed by atoms with Crippen LogP contribution in [0.5, 0.6) is 0 Å². The van der Waals surface area contributed by atoms with Crippen molar-refractivity contribution >= 4 is 0 Å². The molecule has 0 fully saturated rings. The predicted molar refractivity (Wildman–Crippen MR) is 64.9 cm³/mol. The van der Waals surface area contributed by atoms with Gasteiger partial charge in [-0.05, 0) is 32.3 Å². The van der Waals surface area contributed by atoms with E-state index in [1.165, 1.54) is 11.1 Å². The van der Waals surface area contributed by atoms with Gasteiger partial charge < -0.3 is 5.11 Å². The van der Waals surface area contributed by atoms with Gasteiger partial charge in [0.05, 0.1) is 5.60 Å². The van der Waals surface area contributed by atoms with Gasteiger partial charge >= 0.3 is 0 Å². The van der Waals surface area contributed by atoms with Crippen LogP contribution in [-0.2, 0) is 6.42 Å². The third-order valence-corrected chi connectivity index (χ3v) is 2.55. The lowest BCUT2D eigenvalue weighted by Gasteiger charge is -2.22. The average molecular weight is 204 g/mol. The average Bonchev–Trinajstić information content (AvgIpc) is 2.14. The first kappa shape index (κ1) is 12.0. The van der Waals surface area contributed by atoms with Crippen molar-refractivity contribution in [3.05, 3.63) is 48.0 Å². The van der Waals surface area contributed by atoms with Crippen LogP contribution in [0.25, 0.3) is 0 Å². The molecule has 0 aliphatic heterocycles. The molecular weight excluding hydrogens is 184 g/mol. The Labute approximate surface area is 92.5 Å². The van der Waals surface area contributed by atoms with E-state index in [-0.39, 0.29) is 0 Å². The molecule has 1 nitrogen and oxygen atoms in total. The standard InChI is InChI=1S/C14H20O/c1-4-5-9-14(3,15)11-13-8-6-7-12(2)10-13/h4,6-8,10,15H,1,5,9,11H2,2-3H3. The van der Waals surface area contributed by atoms with Crippen LogP contribution in [0.2, 0.25) is 0 Å². The Bertz CT molecular complexity index is 326. The molecule has 1 N–H and O–H groups in total. The summed E-state index contributed by atoms with van der Waals surface area (Å²) in [6.07, 6.45) is 4.19. The molecule has 0 spiro atoms. The molecule has 1 atom stereocenters. The summed E-state index contributed by atoms with van der Waals surface area (Å²) in [7, 11) is 0. The first-order valence-electron chi connectivity index (χ1n) is 5.42. The number of allylic oxidation sites excluding steroid dienone is 1. The second-order valence-corrected chi connectivity index (χ2v) is 4.49. The normalized spacial score (nSPS) is 14.6. The van der Waals surface area contributed by atoms with Crippen molar-refractivity contribution in [2.24, 2.45) is 0 Å². The smallest absolute Gasteiger partial charge is 0.0662 e. The molecule has 0 aliphatic carbocycles. The van der Waals surface area contributed by atoms with Gasteiger partial charge in [-0.15, -0.1) is 6.58 Å². The number of rotatable bonds is 5. The van der Waals surface area contributed by atoms with E-state index in [2.05, 4.69) is 31.7 Å². The highest BCUT2D eigenvalue weighted by molar-refractivity contribution is 5.23. The number of aliphatic hydroxyl groups is 1. The first-order valence-corrected chi connectivity index (χ1v) is 5.42. The highest BCUT2D eigenvalue weighted by Gasteiger charge is 2.19. The molecule has 0 aromatic heterocycles. The van der Waals surface area contributed by atoms with E-state index in [0.717, 1.165) is 12.8 Å². The van der Waals surface area contributed by atoms with E-state index in [0.29, 0.717) is 6.42 Å². The molecule has 0 saturated heterocycles. The minimum atomic E-state index is -0.623. The maximum Gasteiger partial charge on any atom is 0.0662 e. The summed E-state index contributed by atoms with van der Waals surface area (Å²) in [5, 5.41) is 10.1. The van der Waals surface area contributed by atoms with Crippen LogP contribution in [-0.4, -0.2) is 10.7 Å². The molecule has 1 rings (SSSR count). The highest BCUT2D eigenvalue weighted by atomic mass is 16.3.